The summed E-state index contributed by atoms with van der Waals surface area (Å²) in [5.41, 5.74) is 5.13. The van der Waals surface area contributed by atoms with E-state index in [4.69, 9.17) is 0 Å². The number of hydrogen-bond donors (Lipinski definition) is 2. The zero-order valence-electron chi connectivity index (χ0n) is 14.4. The third-order valence-corrected chi connectivity index (χ3v) is 6.18. The molecule has 2 aromatic carbocycles. The van der Waals surface area contributed by atoms with E-state index in [-0.39, 0.29) is 11.3 Å². The molecule has 0 spiro atoms. The Hall–Kier alpha value is -2.63. The van der Waals surface area contributed by atoms with Crippen molar-refractivity contribution >= 4 is 32.3 Å². The molecule has 4 nitrogen and oxygen atoms in total. The van der Waals surface area contributed by atoms with Gasteiger partial charge in [-0.15, -0.1) is 11.3 Å². The quantitative estimate of drug-likeness (QED) is 0.536. The molecule has 2 N–H and O–H groups in total. The predicted molar refractivity (Wildman–Crippen MR) is 107 cm³/mol. The highest BCUT2D eigenvalue weighted by Gasteiger charge is 2.18. The Morgan fingerprint density at radius 1 is 1.15 bits per heavy atom. The molecule has 4 aromatic rings. The number of rotatable bonds is 1. The summed E-state index contributed by atoms with van der Waals surface area (Å²) >= 11 is 1.43. The molecule has 130 valence electrons. The highest BCUT2D eigenvalue weighted by molar-refractivity contribution is 7.17. The average Bonchev–Trinajstić information content (AvgIpc) is 3.12. The highest BCUT2D eigenvalue weighted by atomic mass is 32.1. The highest BCUT2D eigenvalue weighted by Crippen LogP contribution is 2.40. The molecule has 1 aliphatic rings. The van der Waals surface area contributed by atoms with Crippen molar-refractivity contribution in [1.29, 1.82) is 0 Å². The molecule has 26 heavy (non-hydrogen) atoms. The lowest BCUT2D eigenvalue weighted by molar-refractivity contribution is 0.313. The van der Waals surface area contributed by atoms with Crippen LogP contribution in [-0.2, 0) is 13.0 Å². The van der Waals surface area contributed by atoms with Crippen molar-refractivity contribution in [2.24, 2.45) is 0 Å². The second-order valence-electron chi connectivity index (χ2n) is 6.97. The fourth-order valence-corrected chi connectivity index (χ4v) is 4.78. The third-order valence-electron chi connectivity index (χ3n) is 5.27. The van der Waals surface area contributed by atoms with Crippen LogP contribution in [0.5, 0.6) is 5.75 Å². The maximum atomic E-state index is 12.3. The molecule has 0 aliphatic carbocycles. The van der Waals surface area contributed by atoms with Crippen LogP contribution in [-0.4, -0.2) is 28.6 Å². The molecule has 0 atom stereocenters. The van der Waals surface area contributed by atoms with Crippen LogP contribution in [0.2, 0.25) is 0 Å². The molecule has 0 saturated carbocycles. The van der Waals surface area contributed by atoms with E-state index in [1.54, 1.807) is 12.1 Å². The second kappa shape index (κ2) is 5.69. The van der Waals surface area contributed by atoms with Gasteiger partial charge in [-0.3, -0.25) is 4.79 Å². The normalized spacial score (nSPS) is 14.8. The van der Waals surface area contributed by atoms with Crippen molar-refractivity contribution in [3.8, 4) is 16.9 Å². The van der Waals surface area contributed by atoms with E-state index >= 15 is 0 Å². The number of benzene rings is 2. The average molecular weight is 362 g/mol. The number of aromatic amines is 1. The number of H-pyrrole nitrogens is 1. The molecular weight excluding hydrogens is 344 g/mol. The number of nitrogens with zero attached hydrogens (tertiary/aromatic N) is 1. The van der Waals surface area contributed by atoms with E-state index in [2.05, 4.69) is 35.1 Å². The Labute approximate surface area is 154 Å². The van der Waals surface area contributed by atoms with Crippen molar-refractivity contribution in [3.05, 3.63) is 63.3 Å². The summed E-state index contributed by atoms with van der Waals surface area (Å²) in [5.74, 6) is 0.237. The van der Waals surface area contributed by atoms with Gasteiger partial charge in [0.25, 0.3) is 5.56 Å². The summed E-state index contributed by atoms with van der Waals surface area (Å²) in [7, 11) is 2.13. The number of fused-ring (bicyclic) bond motifs is 4. The Kier molecular flexibility index (Phi) is 3.42. The predicted octanol–water partition coefficient (Wildman–Crippen LogP) is 4.10. The Morgan fingerprint density at radius 2 is 2.04 bits per heavy atom. The van der Waals surface area contributed by atoms with E-state index < -0.39 is 0 Å². The monoisotopic (exact) mass is 362 g/mol. The van der Waals surface area contributed by atoms with Gasteiger partial charge < -0.3 is 15.0 Å². The Balaban J connectivity index is 1.84. The van der Waals surface area contributed by atoms with Gasteiger partial charge in [0.2, 0.25) is 0 Å². The molecule has 2 aromatic heterocycles. The molecule has 0 bridgehead atoms. The van der Waals surface area contributed by atoms with E-state index in [1.807, 2.05) is 11.4 Å². The number of pyridine rings is 1. The van der Waals surface area contributed by atoms with Gasteiger partial charge in [-0.2, -0.15) is 0 Å². The molecule has 1 aliphatic heterocycles. The number of aromatic hydroxyl groups is 1. The summed E-state index contributed by atoms with van der Waals surface area (Å²) in [6.07, 6.45) is 1.05. The van der Waals surface area contributed by atoms with Gasteiger partial charge in [0.1, 0.15) is 10.4 Å². The molecule has 0 fully saturated rings. The van der Waals surface area contributed by atoms with Crippen molar-refractivity contribution in [3.63, 3.8) is 0 Å². The van der Waals surface area contributed by atoms with E-state index in [1.165, 1.54) is 22.5 Å². The van der Waals surface area contributed by atoms with Crippen molar-refractivity contribution in [2.75, 3.05) is 13.6 Å². The fourth-order valence-electron chi connectivity index (χ4n) is 3.98. The summed E-state index contributed by atoms with van der Waals surface area (Å²) in [6.45, 7) is 1.99. The lowest BCUT2D eigenvalue weighted by atomic mass is 9.92. The van der Waals surface area contributed by atoms with Crippen LogP contribution >= 0.6 is 11.3 Å². The number of aromatic nitrogens is 1. The van der Waals surface area contributed by atoms with E-state index in [9.17, 15) is 9.90 Å². The zero-order valence-corrected chi connectivity index (χ0v) is 15.2. The number of phenols is 1. The first-order valence-corrected chi connectivity index (χ1v) is 9.55. The molecule has 5 heteroatoms. The minimum absolute atomic E-state index is 0.0776. The van der Waals surface area contributed by atoms with E-state index in [0.717, 1.165) is 46.9 Å². The topological polar surface area (TPSA) is 56.3 Å². The molecule has 3 heterocycles. The van der Waals surface area contributed by atoms with E-state index in [0.29, 0.717) is 4.70 Å². The van der Waals surface area contributed by atoms with Crippen LogP contribution < -0.4 is 5.56 Å². The second-order valence-corrected chi connectivity index (χ2v) is 7.89. The van der Waals surface area contributed by atoms with Crippen molar-refractivity contribution in [2.45, 2.75) is 13.0 Å². The van der Waals surface area contributed by atoms with Crippen LogP contribution in [0.25, 0.3) is 32.1 Å². The first-order valence-electron chi connectivity index (χ1n) is 8.68. The molecule has 0 radical (unpaired) electrons. The van der Waals surface area contributed by atoms with Gasteiger partial charge >= 0.3 is 0 Å². The fraction of sp³-hybridized carbons (Fsp3) is 0.190. The zero-order chi connectivity index (χ0) is 17.8. The summed E-state index contributed by atoms with van der Waals surface area (Å²) in [4.78, 5) is 17.6. The minimum atomic E-state index is -0.0776. The smallest absolute Gasteiger partial charge is 0.266 e. The van der Waals surface area contributed by atoms with Gasteiger partial charge in [-0.25, -0.2) is 0 Å². The first-order chi connectivity index (χ1) is 12.6. The summed E-state index contributed by atoms with van der Waals surface area (Å²) in [6, 6.07) is 11.8. The molecule has 0 unspecified atom stereocenters. The molecule has 0 amide bonds. The van der Waals surface area contributed by atoms with Crippen molar-refractivity contribution in [1.82, 2.24) is 9.88 Å². The number of thiophene rings is 1. The molecule has 5 rings (SSSR count). The number of likely N-dealkylation sites (N-methyl/N-ethyl adjacent to an activating group) is 1. The lowest BCUT2D eigenvalue weighted by Gasteiger charge is -2.25. The standard InChI is InChI=1S/C21H18N2O2S/c1-23-8-6-12-2-3-13(10-14(12)11-23)18-17(24)5-4-16-19(18)15-7-9-26-20(15)21(25)22-16/h2-5,7,9-10,24H,6,8,11H2,1H3,(H,22,25). The summed E-state index contributed by atoms with van der Waals surface area (Å²) in [5, 5.41) is 14.4. The first kappa shape index (κ1) is 15.6. The molecule has 0 saturated heterocycles. The maximum Gasteiger partial charge on any atom is 0.266 e. The largest absolute Gasteiger partial charge is 0.507 e. The lowest BCUT2D eigenvalue weighted by Crippen LogP contribution is -2.26. The Morgan fingerprint density at radius 3 is 2.92 bits per heavy atom. The van der Waals surface area contributed by atoms with Gasteiger partial charge in [0, 0.05) is 34.9 Å². The molecular formula is C21H18N2O2S. The van der Waals surface area contributed by atoms with Crippen LogP contribution in [0.15, 0.2) is 46.6 Å². The number of nitrogens with one attached hydrogen (secondary N) is 1. The van der Waals surface area contributed by atoms with Crippen LogP contribution in [0.1, 0.15) is 11.1 Å². The van der Waals surface area contributed by atoms with Gasteiger partial charge in [-0.1, -0.05) is 12.1 Å². The van der Waals surface area contributed by atoms with Crippen LogP contribution in [0.4, 0.5) is 0 Å². The van der Waals surface area contributed by atoms with Gasteiger partial charge in [0.05, 0.1) is 0 Å². The number of phenolic OH excluding ortho intramolecular Hbond substituents is 1. The summed E-state index contributed by atoms with van der Waals surface area (Å²) < 4.78 is 0.696. The van der Waals surface area contributed by atoms with Gasteiger partial charge in [0.15, 0.2) is 0 Å². The number of hydrogen-bond acceptors (Lipinski definition) is 4. The van der Waals surface area contributed by atoms with Gasteiger partial charge in [-0.05, 0) is 59.8 Å². The Bertz CT molecular complexity index is 1220. The maximum absolute atomic E-state index is 12.3. The van der Waals surface area contributed by atoms with Crippen molar-refractivity contribution < 1.29 is 5.11 Å². The van der Waals surface area contributed by atoms with Crippen LogP contribution in [0.3, 0.4) is 0 Å². The van der Waals surface area contributed by atoms with Crippen LogP contribution in [0, 0.1) is 0 Å². The SMILES string of the molecule is CN1CCc2ccc(-c3c(O)ccc4[nH]c(=O)c5sccc5c34)cc2C1. The third kappa shape index (κ3) is 2.28. The minimum Gasteiger partial charge on any atom is -0.507 e.